The summed E-state index contributed by atoms with van der Waals surface area (Å²) in [5.74, 6) is 2.30. The summed E-state index contributed by atoms with van der Waals surface area (Å²) in [6.07, 6.45) is 6.61. The van der Waals surface area contributed by atoms with E-state index >= 15 is 0 Å². The van der Waals surface area contributed by atoms with Crippen molar-refractivity contribution in [3.63, 3.8) is 0 Å². The quantitative estimate of drug-likeness (QED) is 0.757. The summed E-state index contributed by atoms with van der Waals surface area (Å²) in [6.45, 7) is 6.77. The molecule has 0 radical (unpaired) electrons. The molecule has 1 aromatic rings. The Bertz CT molecular complexity index is 231. The van der Waals surface area contributed by atoms with E-state index in [9.17, 15) is 0 Å². The van der Waals surface area contributed by atoms with Crippen LogP contribution in [0.1, 0.15) is 58.2 Å². The molecule has 0 saturated carbocycles. The molecule has 3 nitrogen and oxygen atoms in total. The maximum atomic E-state index is 4.25. The van der Waals surface area contributed by atoms with Gasteiger partial charge in [-0.05, 0) is 12.3 Å². The second-order valence-corrected chi connectivity index (χ2v) is 4.00. The van der Waals surface area contributed by atoms with E-state index in [-0.39, 0.29) is 0 Å². The molecule has 0 aromatic carbocycles. The molecule has 0 aliphatic rings. The fourth-order valence-electron chi connectivity index (χ4n) is 1.99. The average Bonchev–Trinajstić information content (AvgIpc) is 2.69. The summed E-state index contributed by atoms with van der Waals surface area (Å²) in [4.78, 5) is 4.25. The van der Waals surface area contributed by atoms with Crippen molar-refractivity contribution in [1.29, 1.82) is 0 Å². The number of H-pyrrole nitrogens is 1. The lowest BCUT2D eigenvalue weighted by atomic mass is 9.87. The molecule has 1 N–H and O–H groups in total. The van der Waals surface area contributed by atoms with E-state index in [1.807, 2.05) is 0 Å². The predicted molar refractivity (Wildman–Crippen MR) is 58.1 cm³/mol. The van der Waals surface area contributed by atoms with E-state index in [2.05, 4.69) is 36.0 Å². The largest absolute Gasteiger partial charge is 0.263 e. The molecule has 3 heteroatoms. The highest BCUT2D eigenvalue weighted by molar-refractivity contribution is 4.94. The topological polar surface area (TPSA) is 41.6 Å². The lowest BCUT2D eigenvalue weighted by molar-refractivity contribution is 0.392. The standard InChI is InChI=1S/C11H21N3/c1-4-6-7-9(3)10(5-2)11-12-8-13-14-11/h8-10H,4-7H2,1-3H3,(H,12,13,14). The van der Waals surface area contributed by atoms with Crippen LogP contribution in [0.4, 0.5) is 0 Å². The van der Waals surface area contributed by atoms with Gasteiger partial charge in [0, 0.05) is 5.92 Å². The monoisotopic (exact) mass is 195 g/mol. The third kappa shape index (κ3) is 2.82. The zero-order valence-electron chi connectivity index (χ0n) is 9.45. The smallest absolute Gasteiger partial charge is 0.137 e. The predicted octanol–water partition coefficient (Wildman–Crippen LogP) is 3.12. The highest BCUT2D eigenvalue weighted by Crippen LogP contribution is 2.28. The van der Waals surface area contributed by atoms with Gasteiger partial charge in [-0.15, -0.1) is 0 Å². The van der Waals surface area contributed by atoms with Crippen molar-refractivity contribution in [2.75, 3.05) is 0 Å². The number of nitrogens with one attached hydrogen (secondary N) is 1. The van der Waals surface area contributed by atoms with Gasteiger partial charge in [-0.25, -0.2) is 4.98 Å². The first-order valence-corrected chi connectivity index (χ1v) is 5.64. The van der Waals surface area contributed by atoms with Crippen molar-refractivity contribution in [1.82, 2.24) is 15.2 Å². The van der Waals surface area contributed by atoms with Gasteiger partial charge in [0.1, 0.15) is 12.2 Å². The van der Waals surface area contributed by atoms with Crippen LogP contribution in [0.25, 0.3) is 0 Å². The van der Waals surface area contributed by atoms with Gasteiger partial charge in [0.05, 0.1) is 0 Å². The lowest BCUT2D eigenvalue weighted by Gasteiger charge is -2.19. The van der Waals surface area contributed by atoms with Crippen LogP contribution >= 0.6 is 0 Å². The maximum absolute atomic E-state index is 4.25. The molecular formula is C11H21N3. The third-order valence-corrected chi connectivity index (χ3v) is 2.92. The Morgan fingerprint density at radius 3 is 2.71 bits per heavy atom. The summed E-state index contributed by atoms with van der Waals surface area (Å²) in [6, 6.07) is 0. The first-order chi connectivity index (χ1) is 6.79. The molecule has 0 spiro atoms. The SMILES string of the molecule is CCCCC(C)C(CC)c1ncn[nH]1. The third-order valence-electron chi connectivity index (χ3n) is 2.92. The van der Waals surface area contributed by atoms with E-state index < -0.39 is 0 Å². The minimum Gasteiger partial charge on any atom is -0.263 e. The van der Waals surface area contributed by atoms with Gasteiger partial charge >= 0.3 is 0 Å². The van der Waals surface area contributed by atoms with Crippen LogP contribution in [0.3, 0.4) is 0 Å². The van der Waals surface area contributed by atoms with E-state index in [0.717, 1.165) is 12.2 Å². The molecule has 0 amide bonds. The molecule has 80 valence electrons. The molecule has 2 atom stereocenters. The number of rotatable bonds is 6. The van der Waals surface area contributed by atoms with Crippen molar-refractivity contribution in [2.24, 2.45) is 5.92 Å². The van der Waals surface area contributed by atoms with Crippen LogP contribution in [0.15, 0.2) is 6.33 Å². The van der Waals surface area contributed by atoms with Crippen molar-refractivity contribution in [3.05, 3.63) is 12.2 Å². The average molecular weight is 195 g/mol. The number of hydrogen-bond acceptors (Lipinski definition) is 2. The van der Waals surface area contributed by atoms with Gasteiger partial charge < -0.3 is 0 Å². The van der Waals surface area contributed by atoms with E-state index in [4.69, 9.17) is 0 Å². The van der Waals surface area contributed by atoms with Crippen LogP contribution in [-0.2, 0) is 0 Å². The number of nitrogens with zero attached hydrogens (tertiary/aromatic N) is 2. The number of unbranched alkanes of at least 4 members (excludes halogenated alkanes) is 1. The van der Waals surface area contributed by atoms with Crippen LogP contribution < -0.4 is 0 Å². The Balaban J connectivity index is 2.53. The molecular weight excluding hydrogens is 174 g/mol. The maximum Gasteiger partial charge on any atom is 0.137 e. The minimum absolute atomic E-state index is 0.545. The zero-order chi connectivity index (χ0) is 10.4. The van der Waals surface area contributed by atoms with E-state index in [0.29, 0.717) is 11.8 Å². The van der Waals surface area contributed by atoms with Crippen molar-refractivity contribution in [3.8, 4) is 0 Å². The first kappa shape index (κ1) is 11.2. The Morgan fingerprint density at radius 2 is 2.21 bits per heavy atom. The van der Waals surface area contributed by atoms with Gasteiger partial charge in [-0.3, -0.25) is 5.10 Å². The molecule has 2 unspecified atom stereocenters. The van der Waals surface area contributed by atoms with Gasteiger partial charge in [0.25, 0.3) is 0 Å². The van der Waals surface area contributed by atoms with Crippen molar-refractivity contribution >= 4 is 0 Å². The summed E-state index contributed by atoms with van der Waals surface area (Å²) in [7, 11) is 0. The summed E-state index contributed by atoms with van der Waals surface area (Å²) < 4.78 is 0. The van der Waals surface area contributed by atoms with Crippen LogP contribution in [0.5, 0.6) is 0 Å². The van der Waals surface area contributed by atoms with Crippen LogP contribution in [-0.4, -0.2) is 15.2 Å². The molecule has 0 fully saturated rings. The Morgan fingerprint density at radius 1 is 1.43 bits per heavy atom. The molecule has 1 rings (SSSR count). The fourth-order valence-corrected chi connectivity index (χ4v) is 1.99. The highest BCUT2D eigenvalue weighted by Gasteiger charge is 2.19. The Kier molecular flexibility index (Phi) is 4.63. The van der Waals surface area contributed by atoms with Crippen LogP contribution in [0.2, 0.25) is 0 Å². The van der Waals surface area contributed by atoms with Gasteiger partial charge in [-0.2, -0.15) is 5.10 Å². The molecule has 1 aromatic heterocycles. The number of hydrogen-bond donors (Lipinski definition) is 1. The fraction of sp³-hybridized carbons (Fsp3) is 0.818. The molecule has 0 saturated heterocycles. The second kappa shape index (κ2) is 5.78. The van der Waals surface area contributed by atoms with Crippen molar-refractivity contribution in [2.45, 2.75) is 52.4 Å². The number of aromatic amines is 1. The first-order valence-electron chi connectivity index (χ1n) is 5.64. The summed E-state index contributed by atoms with van der Waals surface area (Å²) >= 11 is 0. The van der Waals surface area contributed by atoms with E-state index in [1.54, 1.807) is 6.33 Å². The van der Waals surface area contributed by atoms with E-state index in [1.165, 1.54) is 19.3 Å². The van der Waals surface area contributed by atoms with Crippen LogP contribution in [0, 0.1) is 5.92 Å². The lowest BCUT2D eigenvalue weighted by Crippen LogP contribution is -2.10. The second-order valence-electron chi connectivity index (χ2n) is 4.00. The molecule has 0 aliphatic heterocycles. The summed E-state index contributed by atoms with van der Waals surface area (Å²) in [5.41, 5.74) is 0. The summed E-state index contributed by atoms with van der Waals surface area (Å²) in [5, 5.41) is 6.90. The number of aromatic nitrogens is 3. The van der Waals surface area contributed by atoms with Gasteiger partial charge in [0.2, 0.25) is 0 Å². The van der Waals surface area contributed by atoms with Crippen molar-refractivity contribution < 1.29 is 0 Å². The molecule has 1 heterocycles. The molecule has 0 aliphatic carbocycles. The van der Waals surface area contributed by atoms with Gasteiger partial charge in [0.15, 0.2) is 0 Å². The van der Waals surface area contributed by atoms with Gasteiger partial charge in [-0.1, -0.05) is 40.0 Å². The molecule has 0 bridgehead atoms. The Labute approximate surface area is 86.3 Å². The highest BCUT2D eigenvalue weighted by atomic mass is 15.2. The Hall–Kier alpha value is -0.860. The zero-order valence-corrected chi connectivity index (χ0v) is 9.45. The minimum atomic E-state index is 0.545. The normalized spacial score (nSPS) is 15.4. The molecule has 14 heavy (non-hydrogen) atoms.